The summed E-state index contributed by atoms with van der Waals surface area (Å²) in [4.78, 5) is 36.7. The number of hydrogen-bond donors (Lipinski definition) is 1. The Morgan fingerprint density at radius 2 is 1.91 bits per heavy atom. The van der Waals surface area contributed by atoms with Crippen molar-refractivity contribution < 1.29 is 14.3 Å². The van der Waals surface area contributed by atoms with Crippen LogP contribution in [0, 0.1) is 0 Å². The van der Waals surface area contributed by atoms with Crippen LogP contribution in [0.15, 0.2) is 73.1 Å². The van der Waals surface area contributed by atoms with Crippen molar-refractivity contribution in [3.8, 4) is 5.75 Å². The molecule has 1 aliphatic rings. The Hall–Kier alpha value is -4.20. The first kappa shape index (κ1) is 19.7. The second-order valence-corrected chi connectivity index (χ2v) is 7.55. The fourth-order valence-electron chi connectivity index (χ4n) is 3.98. The summed E-state index contributed by atoms with van der Waals surface area (Å²) in [6.45, 7) is 0.340. The number of methoxy groups -OCH3 is 1. The number of amides is 2. The molecule has 1 N–H and O–H groups in total. The highest BCUT2D eigenvalue weighted by molar-refractivity contribution is 6.05. The summed E-state index contributed by atoms with van der Waals surface area (Å²) < 4.78 is 7.01. The van der Waals surface area contributed by atoms with Crippen LogP contribution < -0.4 is 15.0 Å². The Morgan fingerprint density at radius 3 is 2.66 bits per heavy atom. The van der Waals surface area contributed by atoms with E-state index >= 15 is 0 Å². The van der Waals surface area contributed by atoms with Gasteiger partial charge < -0.3 is 10.1 Å². The van der Waals surface area contributed by atoms with Gasteiger partial charge in [-0.25, -0.2) is 4.98 Å². The van der Waals surface area contributed by atoms with E-state index in [1.54, 1.807) is 48.7 Å². The topological polar surface area (TPSA) is 89.3 Å². The van der Waals surface area contributed by atoms with Gasteiger partial charge in [0.15, 0.2) is 0 Å². The van der Waals surface area contributed by atoms with Crippen molar-refractivity contribution in [2.45, 2.75) is 19.0 Å². The van der Waals surface area contributed by atoms with E-state index in [4.69, 9.17) is 4.74 Å². The summed E-state index contributed by atoms with van der Waals surface area (Å²) in [5.41, 5.74) is 3.14. The van der Waals surface area contributed by atoms with Crippen LogP contribution in [-0.2, 0) is 16.1 Å². The zero-order chi connectivity index (χ0) is 22.1. The van der Waals surface area contributed by atoms with Gasteiger partial charge in [0.05, 0.1) is 31.1 Å². The molecule has 160 valence electrons. The average molecular weight is 427 g/mol. The molecule has 5 rings (SSSR count). The van der Waals surface area contributed by atoms with Crippen molar-refractivity contribution in [3.05, 3.63) is 78.6 Å². The second-order valence-electron chi connectivity index (χ2n) is 7.55. The monoisotopic (exact) mass is 427 g/mol. The fraction of sp³-hybridized carbons (Fsp3) is 0.167. The first-order valence-corrected chi connectivity index (χ1v) is 10.2. The van der Waals surface area contributed by atoms with Crippen molar-refractivity contribution in [1.29, 1.82) is 0 Å². The lowest BCUT2D eigenvalue weighted by atomic mass is 10.1. The van der Waals surface area contributed by atoms with E-state index in [2.05, 4.69) is 15.3 Å². The van der Waals surface area contributed by atoms with E-state index < -0.39 is 6.04 Å². The number of nitrogens with zero attached hydrogens (tertiary/aromatic N) is 4. The fourth-order valence-corrected chi connectivity index (χ4v) is 3.98. The minimum absolute atomic E-state index is 0.00174. The molecule has 1 aliphatic heterocycles. The van der Waals surface area contributed by atoms with E-state index in [9.17, 15) is 9.59 Å². The van der Waals surface area contributed by atoms with Gasteiger partial charge in [0.25, 0.3) is 5.91 Å². The molecule has 4 aromatic rings. The van der Waals surface area contributed by atoms with Crippen molar-refractivity contribution >= 4 is 34.5 Å². The van der Waals surface area contributed by atoms with Gasteiger partial charge in [-0.15, -0.1) is 0 Å². The Bertz CT molecular complexity index is 1280. The molecule has 0 saturated heterocycles. The van der Waals surface area contributed by atoms with E-state index in [0.29, 0.717) is 23.9 Å². The normalized spacial score (nSPS) is 15.1. The Kier molecular flexibility index (Phi) is 5.03. The van der Waals surface area contributed by atoms with Gasteiger partial charge in [-0.05, 0) is 48.0 Å². The number of ether oxygens (including phenoxy) is 1. The first-order valence-electron chi connectivity index (χ1n) is 10.2. The third kappa shape index (κ3) is 3.56. The molecular formula is C24H21N5O3. The number of imidazole rings is 1. The molecule has 2 aromatic carbocycles. The van der Waals surface area contributed by atoms with Crippen LogP contribution in [0.3, 0.4) is 0 Å². The summed E-state index contributed by atoms with van der Waals surface area (Å²) in [6, 6.07) is 17.8. The highest BCUT2D eigenvalue weighted by Crippen LogP contribution is 2.37. The molecule has 3 heterocycles. The number of aromatic nitrogens is 3. The van der Waals surface area contributed by atoms with Gasteiger partial charge in [-0.1, -0.05) is 18.2 Å². The molecule has 32 heavy (non-hydrogen) atoms. The van der Waals surface area contributed by atoms with Gasteiger partial charge in [0, 0.05) is 18.1 Å². The van der Waals surface area contributed by atoms with Gasteiger partial charge in [-0.2, -0.15) is 0 Å². The summed E-state index contributed by atoms with van der Waals surface area (Å²) in [5.74, 6) is 0.837. The molecule has 0 unspecified atom stereocenters. The van der Waals surface area contributed by atoms with Crippen LogP contribution in [0.1, 0.15) is 18.0 Å². The van der Waals surface area contributed by atoms with E-state index in [-0.39, 0.29) is 18.2 Å². The summed E-state index contributed by atoms with van der Waals surface area (Å²) in [7, 11) is 1.59. The number of carbonyl (C=O) groups excluding carboxylic acids is 2. The van der Waals surface area contributed by atoms with Crippen molar-refractivity contribution in [2.75, 3.05) is 17.3 Å². The van der Waals surface area contributed by atoms with Crippen molar-refractivity contribution in [3.63, 3.8) is 0 Å². The number of para-hydroxylation sites is 2. The Balaban J connectivity index is 1.44. The largest absolute Gasteiger partial charge is 0.497 e. The molecule has 0 spiro atoms. The molecule has 0 aliphatic carbocycles. The molecule has 1 atom stereocenters. The van der Waals surface area contributed by atoms with Gasteiger partial charge in [0.1, 0.15) is 11.8 Å². The van der Waals surface area contributed by atoms with Gasteiger partial charge in [-0.3, -0.25) is 24.0 Å². The molecule has 0 radical (unpaired) electrons. The number of nitrogens with one attached hydrogen (secondary N) is 1. The number of benzene rings is 2. The maximum atomic E-state index is 13.4. The number of fused-ring (bicyclic) bond motifs is 3. The highest BCUT2D eigenvalue weighted by Gasteiger charge is 2.40. The molecule has 0 bridgehead atoms. The van der Waals surface area contributed by atoms with E-state index in [1.807, 2.05) is 41.0 Å². The zero-order valence-corrected chi connectivity index (χ0v) is 17.4. The molecule has 2 amide bonds. The summed E-state index contributed by atoms with van der Waals surface area (Å²) in [5, 5.41) is 2.87. The number of carbonyl (C=O) groups is 2. The third-order valence-electron chi connectivity index (χ3n) is 5.50. The minimum Gasteiger partial charge on any atom is -0.497 e. The highest BCUT2D eigenvalue weighted by atomic mass is 16.5. The molecule has 8 heteroatoms. The summed E-state index contributed by atoms with van der Waals surface area (Å²) in [6.07, 6.45) is 3.42. The Morgan fingerprint density at radius 1 is 1.09 bits per heavy atom. The molecule has 2 aromatic heterocycles. The van der Waals surface area contributed by atoms with Crippen molar-refractivity contribution in [2.24, 2.45) is 0 Å². The van der Waals surface area contributed by atoms with Crippen LogP contribution in [0.25, 0.3) is 11.0 Å². The van der Waals surface area contributed by atoms with Crippen LogP contribution in [-0.4, -0.2) is 33.5 Å². The number of anilines is 2. The molecular weight excluding hydrogens is 406 g/mol. The number of pyridine rings is 1. The van der Waals surface area contributed by atoms with Crippen LogP contribution >= 0.6 is 0 Å². The van der Waals surface area contributed by atoms with E-state index in [0.717, 1.165) is 16.6 Å². The Labute approximate surface area is 184 Å². The SMILES string of the molecule is COc1ccc(NC(=O)C[C@H]2C(=O)N(Cc3cccnc3)c3nc4ccccc4n32)cc1. The molecule has 0 fully saturated rings. The zero-order valence-electron chi connectivity index (χ0n) is 17.4. The van der Waals surface area contributed by atoms with Crippen LogP contribution in [0.2, 0.25) is 0 Å². The second kappa shape index (κ2) is 8.14. The predicted octanol–water partition coefficient (Wildman–Crippen LogP) is 3.56. The van der Waals surface area contributed by atoms with E-state index in [1.165, 1.54) is 0 Å². The first-order chi connectivity index (χ1) is 15.6. The minimum atomic E-state index is -0.674. The van der Waals surface area contributed by atoms with Crippen molar-refractivity contribution in [1.82, 2.24) is 14.5 Å². The van der Waals surface area contributed by atoms with Crippen LogP contribution in [0.4, 0.5) is 11.6 Å². The number of rotatable bonds is 6. The standard InChI is InChI=1S/C24H21N5O3/c1-32-18-10-8-17(9-11-18)26-22(30)13-21-23(31)28(15-16-5-4-12-25-14-16)24-27-19-6-2-3-7-20(19)29(21)24/h2-12,14,21H,13,15H2,1H3,(H,26,30)/t21-/m0/s1. The number of hydrogen-bond acceptors (Lipinski definition) is 5. The average Bonchev–Trinajstić information content (AvgIpc) is 3.31. The molecule has 8 nitrogen and oxygen atoms in total. The quantitative estimate of drug-likeness (QED) is 0.508. The maximum Gasteiger partial charge on any atom is 0.253 e. The van der Waals surface area contributed by atoms with Gasteiger partial charge >= 0.3 is 0 Å². The maximum absolute atomic E-state index is 13.4. The lowest BCUT2D eigenvalue weighted by molar-refractivity contribution is -0.124. The predicted molar refractivity (Wildman–Crippen MR) is 120 cm³/mol. The van der Waals surface area contributed by atoms with Crippen LogP contribution in [0.5, 0.6) is 5.75 Å². The lowest BCUT2D eigenvalue weighted by Gasteiger charge is -2.16. The lowest BCUT2D eigenvalue weighted by Crippen LogP contribution is -2.31. The summed E-state index contributed by atoms with van der Waals surface area (Å²) >= 11 is 0. The molecule has 0 saturated carbocycles. The third-order valence-corrected chi connectivity index (χ3v) is 5.50. The van der Waals surface area contributed by atoms with Gasteiger partial charge in [0.2, 0.25) is 11.9 Å². The smallest absolute Gasteiger partial charge is 0.253 e.